The van der Waals surface area contributed by atoms with Crippen LogP contribution in [0.15, 0.2) is 48.5 Å². The Balaban J connectivity index is 0.00000164. The second kappa shape index (κ2) is 11.1. The summed E-state index contributed by atoms with van der Waals surface area (Å²) in [5.41, 5.74) is 9.21. The molecule has 0 atom stereocenters. The number of aromatic carboxylic acids is 1. The molecule has 2 heterocycles. The van der Waals surface area contributed by atoms with E-state index < -0.39 is 29.0 Å². The lowest BCUT2D eigenvalue weighted by Gasteiger charge is -2.26. The monoisotopic (exact) mass is 523 g/mol. The van der Waals surface area contributed by atoms with Crippen LogP contribution in [0.5, 0.6) is 0 Å². The molecule has 1 saturated heterocycles. The number of halogens is 3. The molecule has 1 aromatic heterocycles. The van der Waals surface area contributed by atoms with Crippen LogP contribution in [0.2, 0.25) is 0 Å². The number of carbonyl (C=O) groups is 1. The molecule has 0 saturated carbocycles. The maximum Gasteiger partial charge on any atom is 0.338 e. The van der Waals surface area contributed by atoms with Crippen molar-refractivity contribution >= 4 is 28.8 Å². The number of benzene rings is 3. The largest absolute Gasteiger partial charge is 0.478 e. The highest BCUT2D eigenvalue weighted by Gasteiger charge is 2.29. The number of nitrogen functional groups attached to an aromatic ring is 1. The lowest BCUT2D eigenvalue weighted by atomic mass is 9.89. The fraction of sp³-hybridized carbons (Fsp3) is 0.241. The first-order valence-corrected chi connectivity index (χ1v) is 12.3. The number of rotatable bonds is 5. The Morgan fingerprint density at radius 2 is 1.74 bits per heavy atom. The Bertz CT molecular complexity index is 1530. The molecule has 0 radical (unpaired) electrons. The maximum atomic E-state index is 14.8. The predicted molar refractivity (Wildman–Crippen MR) is 142 cm³/mol. The van der Waals surface area contributed by atoms with E-state index in [0.29, 0.717) is 65.0 Å². The van der Waals surface area contributed by atoms with Crippen molar-refractivity contribution in [1.82, 2.24) is 4.57 Å². The van der Waals surface area contributed by atoms with E-state index >= 15 is 0 Å². The first-order chi connectivity index (χ1) is 18.3. The summed E-state index contributed by atoms with van der Waals surface area (Å²) in [6.07, 6.45) is 2.37. The zero-order chi connectivity index (χ0) is 27.6. The number of nitrogens with two attached hydrogens (primary N) is 1. The van der Waals surface area contributed by atoms with Crippen LogP contribution in [0.4, 0.5) is 18.9 Å². The third kappa shape index (κ3) is 4.77. The van der Waals surface area contributed by atoms with Gasteiger partial charge >= 0.3 is 5.97 Å². The molecular formula is C29H28F3N3O3. The van der Waals surface area contributed by atoms with E-state index in [-0.39, 0.29) is 5.92 Å². The van der Waals surface area contributed by atoms with Crippen molar-refractivity contribution < 1.29 is 27.8 Å². The molecule has 0 aliphatic carbocycles. The molecular weight excluding hydrogens is 495 g/mol. The molecule has 6 nitrogen and oxygen atoms in total. The molecule has 5 rings (SSSR count). The van der Waals surface area contributed by atoms with Crippen molar-refractivity contribution in [1.29, 1.82) is 5.41 Å². The lowest BCUT2D eigenvalue weighted by molar-refractivity contribution is 0.0692. The van der Waals surface area contributed by atoms with Gasteiger partial charge in [0.2, 0.25) is 0 Å². The Kier molecular flexibility index (Phi) is 7.87. The first-order valence-electron chi connectivity index (χ1n) is 12.3. The van der Waals surface area contributed by atoms with Crippen LogP contribution in [0.1, 0.15) is 54.2 Å². The summed E-state index contributed by atoms with van der Waals surface area (Å²) >= 11 is 0. The summed E-state index contributed by atoms with van der Waals surface area (Å²) in [6.45, 7) is 4.98. The Labute approximate surface area is 218 Å². The molecule has 198 valence electrons. The number of fused-ring (bicyclic) bond motifs is 1. The van der Waals surface area contributed by atoms with E-state index in [4.69, 9.17) is 15.9 Å². The summed E-state index contributed by atoms with van der Waals surface area (Å²) in [6, 6.07) is 10.9. The van der Waals surface area contributed by atoms with E-state index in [1.54, 1.807) is 16.7 Å². The van der Waals surface area contributed by atoms with Crippen molar-refractivity contribution in [3.63, 3.8) is 0 Å². The smallest absolute Gasteiger partial charge is 0.338 e. The molecule has 3 aromatic carbocycles. The second-order valence-corrected chi connectivity index (χ2v) is 8.72. The van der Waals surface area contributed by atoms with Crippen LogP contribution in [0.25, 0.3) is 27.7 Å². The maximum absolute atomic E-state index is 14.8. The number of nitrogens with one attached hydrogen (secondary N) is 1. The van der Waals surface area contributed by atoms with Gasteiger partial charge in [-0.2, -0.15) is 0 Å². The molecule has 9 heteroatoms. The zero-order valence-corrected chi connectivity index (χ0v) is 21.0. The number of anilines is 1. The van der Waals surface area contributed by atoms with Gasteiger partial charge in [-0.1, -0.05) is 19.9 Å². The second-order valence-electron chi connectivity index (χ2n) is 8.72. The normalized spacial score (nSPS) is 13.7. The standard InChI is InChI=1S/C27H22F3N3O3.C2H6/c28-20-4-2-17(11-22(20)30)33-24-10-16(13-31)23(32)12-19(24)25(26(33)14-5-7-36-8-6-14)15-1-3-18(27(34)35)21(29)9-15;1-2/h1-4,9-14,31H,5-8,32H2,(H,34,35);1-2H3. The summed E-state index contributed by atoms with van der Waals surface area (Å²) in [5, 5.41) is 17.7. The van der Waals surface area contributed by atoms with Crippen LogP contribution in [-0.2, 0) is 4.74 Å². The van der Waals surface area contributed by atoms with E-state index in [0.717, 1.165) is 30.1 Å². The average molecular weight is 524 g/mol. The predicted octanol–water partition coefficient (Wildman–Crippen LogP) is 6.91. The molecule has 38 heavy (non-hydrogen) atoms. The number of hydrogen-bond acceptors (Lipinski definition) is 4. The Morgan fingerprint density at radius 3 is 2.34 bits per heavy atom. The van der Waals surface area contributed by atoms with Crippen LogP contribution in [0, 0.1) is 22.9 Å². The lowest BCUT2D eigenvalue weighted by Crippen LogP contribution is -2.17. The summed E-state index contributed by atoms with van der Waals surface area (Å²) in [5.74, 6) is -4.36. The van der Waals surface area contributed by atoms with Gasteiger partial charge in [-0.3, -0.25) is 0 Å². The minimum Gasteiger partial charge on any atom is -0.478 e. The van der Waals surface area contributed by atoms with Gasteiger partial charge in [0, 0.05) is 65.0 Å². The molecule has 4 N–H and O–H groups in total. The molecule has 1 aliphatic rings. The number of nitrogens with zero attached hydrogens (tertiary/aromatic N) is 1. The highest BCUT2D eigenvalue weighted by Crippen LogP contribution is 2.45. The van der Waals surface area contributed by atoms with Crippen molar-refractivity contribution in [2.45, 2.75) is 32.6 Å². The minimum atomic E-state index is -1.38. The third-order valence-electron chi connectivity index (χ3n) is 6.62. The SMILES string of the molecule is CC.N=Cc1cc2c(cc1N)c(-c1ccc(C(=O)O)c(F)c1)c(C1CCOCC1)n2-c1ccc(F)c(F)c1. The van der Waals surface area contributed by atoms with E-state index in [9.17, 15) is 23.1 Å². The number of carboxylic acid groups (broad SMARTS) is 1. The van der Waals surface area contributed by atoms with Crippen LogP contribution < -0.4 is 5.73 Å². The van der Waals surface area contributed by atoms with Crippen molar-refractivity contribution in [2.75, 3.05) is 18.9 Å². The molecule has 0 unspecified atom stereocenters. The van der Waals surface area contributed by atoms with Gasteiger partial charge in [0.05, 0.1) is 11.1 Å². The minimum absolute atomic E-state index is 0.0823. The van der Waals surface area contributed by atoms with Crippen molar-refractivity contribution in [2.24, 2.45) is 0 Å². The molecule has 1 fully saturated rings. The van der Waals surface area contributed by atoms with E-state index in [1.165, 1.54) is 18.2 Å². The van der Waals surface area contributed by atoms with E-state index in [2.05, 4.69) is 0 Å². The van der Waals surface area contributed by atoms with Gasteiger partial charge < -0.3 is 25.6 Å². The van der Waals surface area contributed by atoms with Crippen LogP contribution >= 0.6 is 0 Å². The highest BCUT2D eigenvalue weighted by molar-refractivity contribution is 6.05. The fourth-order valence-corrected chi connectivity index (χ4v) is 4.92. The zero-order valence-electron chi connectivity index (χ0n) is 21.0. The number of carboxylic acids is 1. The van der Waals surface area contributed by atoms with Gasteiger partial charge in [0.15, 0.2) is 11.6 Å². The summed E-state index contributed by atoms with van der Waals surface area (Å²) < 4.78 is 50.4. The highest BCUT2D eigenvalue weighted by atomic mass is 19.2. The van der Waals surface area contributed by atoms with Gasteiger partial charge in [-0.05, 0) is 54.8 Å². The van der Waals surface area contributed by atoms with Crippen LogP contribution in [0.3, 0.4) is 0 Å². The van der Waals surface area contributed by atoms with E-state index in [1.807, 2.05) is 13.8 Å². The quantitative estimate of drug-likeness (QED) is 0.195. The third-order valence-corrected chi connectivity index (χ3v) is 6.62. The summed E-state index contributed by atoms with van der Waals surface area (Å²) in [7, 11) is 0. The molecule has 4 aromatic rings. The van der Waals surface area contributed by atoms with Crippen molar-refractivity contribution in [3.05, 3.63) is 82.8 Å². The molecule has 0 amide bonds. The number of hydrogen-bond donors (Lipinski definition) is 3. The van der Waals surface area contributed by atoms with Crippen molar-refractivity contribution in [3.8, 4) is 16.8 Å². The Hall–Kier alpha value is -4.11. The molecule has 1 aliphatic heterocycles. The molecule has 0 bridgehead atoms. The fourth-order valence-electron chi connectivity index (χ4n) is 4.92. The van der Waals surface area contributed by atoms with Gasteiger partial charge in [-0.25, -0.2) is 18.0 Å². The topological polar surface area (TPSA) is 101 Å². The van der Waals surface area contributed by atoms with Crippen LogP contribution in [-0.4, -0.2) is 35.1 Å². The van der Waals surface area contributed by atoms with Gasteiger partial charge in [0.1, 0.15) is 5.82 Å². The van der Waals surface area contributed by atoms with Gasteiger partial charge in [-0.15, -0.1) is 0 Å². The van der Waals surface area contributed by atoms with Gasteiger partial charge in [0.25, 0.3) is 0 Å². The number of ether oxygens (including phenoxy) is 1. The average Bonchev–Trinajstić information content (AvgIpc) is 3.24. The Morgan fingerprint density at radius 1 is 1.03 bits per heavy atom. The molecule has 0 spiro atoms. The summed E-state index contributed by atoms with van der Waals surface area (Å²) in [4.78, 5) is 11.4. The number of aromatic nitrogens is 1. The first kappa shape index (κ1) is 26.9.